The zero-order chi connectivity index (χ0) is 14.8. The smallest absolute Gasteiger partial charge is 0.240 e. The van der Waals surface area contributed by atoms with Crippen molar-refractivity contribution < 1.29 is 8.42 Å². The Morgan fingerprint density at radius 2 is 1.90 bits per heavy atom. The first-order chi connectivity index (χ1) is 9.47. The highest BCUT2D eigenvalue weighted by Crippen LogP contribution is 2.34. The van der Waals surface area contributed by atoms with E-state index in [-0.39, 0.29) is 12.1 Å². The van der Waals surface area contributed by atoms with E-state index < -0.39 is 10.0 Å². The number of nitrogens with one attached hydrogen (secondary N) is 2. The van der Waals surface area contributed by atoms with Crippen molar-refractivity contribution in [2.75, 3.05) is 6.54 Å². The number of benzene rings is 1. The number of hydrogen-bond donors (Lipinski definition) is 2. The summed E-state index contributed by atoms with van der Waals surface area (Å²) in [6, 6.07) is 7.50. The lowest BCUT2D eigenvalue weighted by molar-refractivity contribution is 0.575. The molecule has 20 heavy (non-hydrogen) atoms. The van der Waals surface area contributed by atoms with Gasteiger partial charge in [-0.25, -0.2) is 13.1 Å². The van der Waals surface area contributed by atoms with E-state index >= 15 is 0 Å². The molecule has 5 heteroatoms. The van der Waals surface area contributed by atoms with Gasteiger partial charge in [0.25, 0.3) is 0 Å². The topological polar surface area (TPSA) is 58.2 Å². The lowest BCUT2D eigenvalue weighted by Crippen LogP contribution is -2.27. The molecule has 0 radical (unpaired) electrons. The van der Waals surface area contributed by atoms with Crippen LogP contribution in [-0.2, 0) is 10.0 Å². The van der Waals surface area contributed by atoms with Crippen molar-refractivity contribution in [1.82, 2.24) is 10.0 Å². The van der Waals surface area contributed by atoms with Gasteiger partial charge in [0.05, 0.1) is 4.90 Å². The summed E-state index contributed by atoms with van der Waals surface area (Å²) in [7, 11) is -3.37. The van der Waals surface area contributed by atoms with Gasteiger partial charge in [-0.2, -0.15) is 0 Å². The molecule has 2 N–H and O–H groups in total. The van der Waals surface area contributed by atoms with E-state index in [0.29, 0.717) is 10.8 Å². The third kappa shape index (κ3) is 3.59. The summed E-state index contributed by atoms with van der Waals surface area (Å²) < 4.78 is 27.2. The zero-order valence-electron chi connectivity index (χ0n) is 12.4. The zero-order valence-corrected chi connectivity index (χ0v) is 13.2. The molecule has 112 valence electrons. The molecule has 0 aromatic heterocycles. The van der Waals surface area contributed by atoms with Crippen LogP contribution in [0.25, 0.3) is 0 Å². The van der Waals surface area contributed by atoms with Crippen LogP contribution in [0, 0.1) is 5.92 Å². The van der Waals surface area contributed by atoms with Crippen LogP contribution in [0.1, 0.15) is 45.2 Å². The van der Waals surface area contributed by atoms with Crippen LogP contribution in [0.2, 0.25) is 0 Å². The molecule has 0 amide bonds. The summed E-state index contributed by atoms with van der Waals surface area (Å²) in [5.74, 6) is 0.512. The molecule has 1 aliphatic rings. The van der Waals surface area contributed by atoms with Crippen LogP contribution in [-0.4, -0.2) is 21.0 Å². The molecule has 0 bridgehead atoms. The molecule has 2 rings (SSSR count). The maximum atomic E-state index is 12.2. The molecule has 1 saturated carbocycles. The highest BCUT2D eigenvalue weighted by atomic mass is 32.2. The van der Waals surface area contributed by atoms with Gasteiger partial charge < -0.3 is 5.32 Å². The van der Waals surface area contributed by atoms with Crippen LogP contribution in [0.4, 0.5) is 0 Å². The molecule has 1 fully saturated rings. The van der Waals surface area contributed by atoms with Gasteiger partial charge in [-0.05, 0) is 43.5 Å². The lowest BCUT2D eigenvalue weighted by Gasteiger charge is -2.13. The minimum atomic E-state index is -3.37. The lowest BCUT2D eigenvalue weighted by atomic mass is 10.1. The maximum Gasteiger partial charge on any atom is 0.240 e. The Hall–Kier alpha value is -0.910. The number of rotatable bonds is 7. The Balaban J connectivity index is 2.05. The third-order valence-electron chi connectivity index (χ3n) is 3.95. The first-order valence-corrected chi connectivity index (χ1v) is 8.82. The van der Waals surface area contributed by atoms with Gasteiger partial charge in [0.2, 0.25) is 10.0 Å². The minimum Gasteiger partial charge on any atom is -0.310 e. The summed E-state index contributed by atoms with van der Waals surface area (Å²) in [4.78, 5) is 0.353. The monoisotopic (exact) mass is 296 g/mol. The average molecular weight is 296 g/mol. The summed E-state index contributed by atoms with van der Waals surface area (Å²) in [6.45, 7) is 7.11. The van der Waals surface area contributed by atoms with E-state index in [1.807, 2.05) is 12.1 Å². The Kier molecular flexibility index (Phi) is 4.83. The SMILES string of the molecule is CCNC(C)c1ccc(S(=O)(=O)NC2CC2CC)cc1. The van der Waals surface area contributed by atoms with Crippen molar-refractivity contribution in [3.63, 3.8) is 0 Å². The van der Waals surface area contributed by atoms with Crippen molar-refractivity contribution in [3.05, 3.63) is 29.8 Å². The standard InChI is InChI=1S/C15H24N2O2S/c1-4-12-10-15(12)17-20(18,19)14-8-6-13(7-9-14)11(3)16-5-2/h6-9,11-12,15-17H,4-5,10H2,1-3H3. The molecular formula is C15H24N2O2S. The van der Waals surface area contributed by atoms with E-state index in [9.17, 15) is 8.42 Å². The van der Waals surface area contributed by atoms with E-state index in [1.165, 1.54) is 0 Å². The fourth-order valence-corrected chi connectivity index (χ4v) is 3.79. The van der Waals surface area contributed by atoms with Crippen molar-refractivity contribution in [1.29, 1.82) is 0 Å². The number of hydrogen-bond acceptors (Lipinski definition) is 3. The fourth-order valence-electron chi connectivity index (χ4n) is 2.47. The molecule has 4 nitrogen and oxygen atoms in total. The van der Waals surface area contributed by atoms with Crippen LogP contribution in [0.3, 0.4) is 0 Å². The normalized spacial score (nSPS) is 23.6. The quantitative estimate of drug-likeness (QED) is 0.812. The minimum absolute atomic E-state index is 0.130. The predicted molar refractivity (Wildman–Crippen MR) is 81.0 cm³/mol. The number of sulfonamides is 1. The Labute approximate surface area is 122 Å². The Morgan fingerprint density at radius 3 is 2.40 bits per heavy atom. The van der Waals surface area contributed by atoms with Crippen LogP contribution < -0.4 is 10.0 Å². The summed E-state index contributed by atoms with van der Waals surface area (Å²) in [5, 5.41) is 3.31. The maximum absolute atomic E-state index is 12.2. The summed E-state index contributed by atoms with van der Waals surface area (Å²) in [6.07, 6.45) is 2.00. The van der Waals surface area contributed by atoms with Gasteiger partial charge in [-0.1, -0.05) is 32.4 Å². The second kappa shape index (κ2) is 6.24. The van der Waals surface area contributed by atoms with E-state index in [1.54, 1.807) is 12.1 Å². The second-order valence-electron chi connectivity index (χ2n) is 5.48. The summed E-state index contributed by atoms with van der Waals surface area (Å²) >= 11 is 0. The van der Waals surface area contributed by atoms with Gasteiger partial charge in [0.1, 0.15) is 0 Å². The van der Waals surface area contributed by atoms with Crippen LogP contribution >= 0.6 is 0 Å². The van der Waals surface area contributed by atoms with E-state index in [0.717, 1.165) is 24.9 Å². The molecule has 0 spiro atoms. The van der Waals surface area contributed by atoms with Crippen molar-refractivity contribution in [2.45, 2.75) is 50.6 Å². The Bertz CT molecular complexity index is 539. The molecule has 1 aliphatic carbocycles. The van der Waals surface area contributed by atoms with Gasteiger partial charge in [0.15, 0.2) is 0 Å². The van der Waals surface area contributed by atoms with Gasteiger partial charge >= 0.3 is 0 Å². The fraction of sp³-hybridized carbons (Fsp3) is 0.600. The molecule has 1 aromatic carbocycles. The molecule has 0 saturated heterocycles. The van der Waals surface area contributed by atoms with E-state index in [2.05, 4.69) is 30.8 Å². The van der Waals surface area contributed by atoms with Gasteiger partial charge in [-0.15, -0.1) is 0 Å². The molecule has 3 atom stereocenters. The van der Waals surface area contributed by atoms with Crippen molar-refractivity contribution >= 4 is 10.0 Å². The third-order valence-corrected chi connectivity index (χ3v) is 5.46. The average Bonchev–Trinajstić information content (AvgIpc) is 3.16. The molecule has 0 aliphatic heterocycles. The largest absolute Gasteiger partial charge is 0.310 e. The van der Waals surface area contributed by atoms with Crippen molar-refractivity contribution in [3.8, 4) is 0 Å². The van der Waals surface area contributed by atoms with Crippen LogP contribution in [0.15, 0.2) is 29.2 Å². The summed E-state index contributed by atoms with van der Waals surface area (Å²) in [5.41, 5.74) is 1.10. The first kappa shape index (κ1) is 15.5. The second-order valence-corrected chi connectivity index (χ2v) is 7.19. The molecule has 1 aromatic rings. The highest BCUT2D eigenvalue weighted by Gasteiger charge is 2.38. The van der Waals surface area contributed by atoms with Crippen molar-refractivity contribution in [2.24, 2.45) is 5.92 Å². The first-order valence-electron chi connectivity index (χ1n) is 7.33. The van der Waals surface area contributed by atoms with Gasteiger partial charge in [0, 0.05) is 12.1 Å². The van der Waals surface area contributed by atoms with Gasteiger partial charge in [-0.3, -0.25) is 0 Å². The molecule has 3 unspecified atom stereocenters. The highest BCUT2D eigenvalue weighted by molar-refractivity contribution is 7.89. The molecular weight excluding hydrogens is 272 g/mol. The molecule has 0 heterocycles. The Morgan fingerprint density at radius 1 is 1.25 bits per heavy atom. The van der Waals surface area contributed by atoms with Crippen LogP contribution in [0.5, 0.6) is 0 Å². The van der Waals surface area contributed by atoms with E-state index in [4.69, 9.17) is 0 Å². The predicted octanol–water partition coefficient (Wildman–Crippen LogP) is 2.43.